The Hall–Kier alpha value is -2.09. The molecule has 0 spiro atoms. The van der Waals surface area contributed by atoms with Crippen LogP contribution in [0.1, 0.15) is 31.1 Å². The van der Waals surface area contributed by atoms with Crippen molar-refractivity contribution in [3.63, 3.8) is 0 Å². The van der Waals surface area contributed by atoms with Gasteiger partial charge in [0.25, 0.3) is 5.91 Å². The topological polar surface area (TPSA) is 105 Å². The highest BCUT2D eigenvalue weighted by atomic mass is 79.9. The number of halogens is 1. The van der Waals surface area contributed by atoms with Gasteiger partial charge in [0.05, 0.1) is 0 Å². The summed E-state index contributed by atoms with van der Waals surface area (Å²) in [6.45, 7) is 4.63. The third-order valence-electron chi connectivity index (χ3n) is 2.25. The van der Waals surface area contributed by atoms with Gasteiger partial charge in [0.1, 0.15) is 11.3 Å². The van der Waals surface area contributed by atoms with Gasteiger partial charge in [-0.1, -0.05) is 15.9 Å². The van der Waals surface area contributed by atoms with Crippen molar-refractivity contribution in [3.8, 4) is 5.75 Å². The number of amides is 3. The van der Waals surface area contributed by atoms with E-state index in [9.17, 15) is 19.5 Å². The van der Waals surface area contributed by atoms with Crippen LogP contribution in [0.5, 0.6) is 5.75 Å². The van der Waals surface area contributed by atoms with Crippen LogP contribution in [0, 0.1) is 0 Å². The molecule has 3 amide bonds. The summed E-state index contributed by atoms with van der Waals surface area (Å²) in [4.78, 5) is 34.7. The van der Waals surface area contributed by atoms with Crippen molar-refractivity contribution in [2.24, 2.45) is 0 Å². The van der Waals surface area contributed by atoms with Gasteiger partial charge in [0.15, 0.2) is 6.61 Å². The molecule has 1 aromatic rings. The van der Waals surface area contributed by atoms with E-state index in [4.69, 9.17) is 4.74 Å². The van der Waals surface area contributed by atoms with E-state index in [1.807, 2.05) is 5.32 Å². The van der Waals surface area contributed by atoms with Crippen LogP contribution in [0.25, 0.3) is 0 Å². The van der Waals surface area contributed by atoms with Gasteiger partial charge in [0, 0.05) is 10.0 Å². The average molecular weight is 373 g/mol. The molecule has 0 heterocycles. The first-order chi connectivity index (χ1) is 10.1. The van der Waals surface area contributed by atoms with Crippen LogP contribution in [0.2, 0.25) is 0 Å². The first-order valence-electron chi connectivity index (χ1n) is 6.36. The molecular formula is C14H17BrN2O5. The number of nitrogens with one attached hydrogen (secondary N) is 2. The van der Waals surface area contributed by atoms with Crippen LogP contribution in [0.15, 0.2) is 22.7 Å². The Labute approximate surface area is 136 Å². The summed E-state index contributed by atoms with van der Waals surface area (Å²) in [5, 5.41) is 14.1. The fraction of sp³-hybridized carbons (Fsp3) is 0.357. The highest BCUT2D eigenvalue weighted by molar-refractivity contribution is 9.10. The lowest BCUT2D eigenvalue weighted by molar-refractivity contribution is -0.123. The lowest BCUT2D eigenvalue weighted by atomic mass is 10.1. The minimum absolute atomic E-state index is 0.0821. The van der Waals surface area contributed by atoms with Crippen LogP contribution in [-0.4, -0.2) is 35.2 Å². The van der Waals surface area contributed by atoms with Crippen molar-refractivity contribution < 1.29 is 24.2 Å². The number of phenolic OH excluding ortho intramolecular Hbond substituents is 1. The van der Waals surface area contributed by atoms with Gasteiger partial charge in [-0.15, -0.1) is 0 Å². The lowest BCUT2D eigenvalue weighted by Gasteiger charge is -2.20. The van der Waals surface area contributed by atoms with Gasteiger partial charge in [-0.2, -0.15) is 0 Å². The zero-order chi connectivity index (χ0) is 16.9. The highest BCUT2D eigenvalue weighted by Gasteiger charge is 2.18. The van der Waals surface area contributed by atoms with Crippen LogP contribution in [0.4, 0.5) is 4.79 Å². The maximum Gasteiger partial charge on any atom is 0.342 e. The maximum absolute atomic E-state index is 11.8. The first-order valence-corrected chi connectivity index (χ1v) is 7.15. The number of imide groups is 1. The molecule has 0 aromatic heterocycles. The molecule has 0 fully saturated rings. The second-order valence-electron chi connectivity index (χ2n) is 5.49. The summed E-state index contributed by atoms with van der Waals surface area (Å²) in [6, 6.07) is 3.55. The third-order valence-corrected chi connectivity index (χ3v) is 2.75. The SMILES string of the molecule is CC(C)(C)NC(=O)NC(=O)COC(=O)c1cc(Br)ccc1O. The second-order valence-corrected chi connectivity index (χ2v) is 6.41. The van der Waals surface area contributed by atoms with E-state index in [0.717, 1.165) is 0 Å². The van der Waals surface area contributed by atoms with Crippen molar-refractivity contribution in [1.29, 1.82) is 0 Å². The standard InChI is InChI=1S/C14H17BrN2O5/c1-14(2,3)17-13(21)16-11(19)7-22-12(20)9-6-8(15)4-5-10(9)18/h4-6,18H,7H2,1-3H3,(H2,16,17,19,21). The van der Waals surface area contributed by atoms with Gasteiger partial charge in [-0.25, -0.2) is 9.59 Å². The van der Waals surface area contributed by atoms with Crippen LogP contribution >= 0.6 is 15.9 Å². The molecule has 0 saturated carbocycles. The zero-order valence-electron chi connectivity index (χ0n) is 12.4. The van der Waals surface area contributed by atoms with Crippen molar-refractivity contribution >= 4 is 33.8 Å². The molecule has 3 N–H and O–H groups in total. The van der Waals surface area contributed by atoms with Crippen LogP contribution < -0.4 is 10.6 Å². The summed E-state index contributed by atoms with van der Waals surface area (Å²) in [5.41, 5.74) is -0.579. The number of hydrogen-bond donors (Lipinski definition) is 3. The molecule has 0 aliphatic rings. The molecule has 0 atom stereocenters. The Morgan fingerprint density at radius 2 is 1.91 bits per heavy atom. The Balaban J connectivity index is 2.52. The smallest absolute Gasteiger partial charge is 0.342 e. The Morgan fingerprint density at radius 1 is 1.27 bits per heavy atom. The third kappa shape index (κ3) is 6.13. The van der Waals surface area contributed by atoms with Gasteiger partial charge < -0.3 is 15.2 Å². The molecule has 22 heavy (non-hydrogen) atoms. The molecule has 1 aromatic carbocycles. The van der Waals surface area contributed by atoms with Crippen molar-refractivity contribution in [2.45, 2.75) is 26.3 Å². The Kier molecular flexibility index (Phi) is 5.92. The molecule has 0 bridgehead atoms. The highest BCUT2D eigenvalue weighted by Crippen LogP contribution is 2.22. The molecular weight excluding hydrogens is 356 g/mol. The number of ether oxygens (including phenoxy) is 1. The predicted molar refractivity (Wildman–Crippen MR) is 82.5 cm³/mol. The number of aromatic hydroxyl groups is 1. The number of phenols is 1. The van der Waals surface area contributed by atoms with Gasteiger partial charge in [-0.3, -0.25) is 10.1 Å². The molecule has 1 rings (SSSR count). The summed E-state index contributed by atoms with van der Waals surface area (Å²) >= 11 is 3.15. The molecule has 0 aliphatic heterocycles. The fourth-order valence-corrected chi connectivity index (χ4v) is 1.78. The number of benzene rings is 1. The van der Waals surface area contributed by atoms with Crippen LogP contribution in [-0.2, 0) is 9.53 Å². The second kappa shape index (κ2) is 7.26. The van der Waals surface area contributed by atoms with Gasteiger partial charge in [-0.05, 0) is 39.0 Å². The fourth-order valence-electron chi connectivity index (χ4n) is 1.42. The first kappa shape index (κ1) is 18.0. The van der Waals surface area contributed by atoms with Crippen molar-refractivity contribution in [3.05, 3.63) is 28.2 Å². The van der Waals surface area contributed by atoms with E-state index < -0.39 is 30.1 Å². The quantitative estimate of drug-likeness (QED) is 0.703. The van der Waals surface area contributed by atoms with E-state index in [-0.39, 0.29) is 11.3 Å². The van der Waals surface area contributed by atoms with E-state index in [1.54, 1.807) is 26.8 Å². The molecule has 0 saturated heterocycles. The molecule has 120 valence electrons. The number of urea groups is 1. The number of carbonyl (C=O) groups excluding carboxylic acids is 3. The average Bonchev–Trinajstić information content (AvgIpc) is 2.36. The van der Waals surface area contributed by atoms with Crippen LogP contribution in [0.3, 0.4) is 0 Å². The molecule has 7 nitrogen and oxygen atoms in total. The van der Waals surface area contributed by atoms with Crippen molar-refractivity contribution in [2.75, 3.05) is 6.61 Å². The van der Waals surface area contributed by atoms with E-state index in [0.29, 0.717) is 4.47 Å². The van der Waals surface area contributed by atoms with E-state index in [1.165, 1.54) is 12.1 Å². The van der Waals surface area contributed by atoms with E-state index >= 15 is 0 Å². The number of carbonyl (C=O) groups is 3. The largest absolute Gasteiger partial charge is 0.507 e. The van der Waals surface area contributed by atoms with E-state index in [2.05, 4.69) is 21.2 Å². The van der Waals surface area contributed by atoms with Gasteiger partial charge >= 0.3 is 12.0 Å². The zero-order valence-corrected chi connectivity index (χ0v) is 14.0. The minimum Gasteiger partial charge on any atom is -0.507 e. The monoisotopic (exact) mass is 372 g/mol. The van der Waals surface area contributed by atoms with Gasteiger partial charge in [0.2, 0.25) is 0 Å². The Bertz CT molecular complexity index is 595. The Morgan fingerprint density at radius 3 is 2.50 bits per heavy atom. The summed E-state index contributed by atoms with van der Waals surface area (Å²) in [7, 11) is 0. The molecule has 8 heteroatoms. The number of hydrogen-bond acceptors (Lipinski definition) is 5. The molecule has 0 unspecified atom stereocenters. The normalized spacial score (nSPS) is 10.7. The maximum atomic E-state index is 11.8. The molecule has 0 aliphatic carbocycles. The molecule has 0 radical (unpaired) electrons. The summed E-state index contributed by atoms with van der Waals surface area (Å²) in [5.74, 6) is -1.91. The lowest BCUT2D eigenvalue weighted by Crippen LogP contribution is -2.49. The number of rotatable bonds is 3. The van der Waals surface area contributed by atoms with Crippen molar-refractivity contribution in [1.82, 2.24) is 10.6 Å². The minimum atomic E-state index is -0.870. The predicted octanol–water partition coefficient (Wildman–Crippen LogP) is 1.94. The number of esters is 1. The summed E-state index contributed by atoms with van der Waals surface area (Å²) in [6.07, 6.45) is 0. The summed E-state index contributed by atoms with van der Waals surface area (Å²) < 4.78 is 5.32.